The Labute approximate surface area is 175 Å². The van der Waals surface area contributed by atoms with Gasteiger partial charge in [0.2, 0.25) is 5.91 Å². The lowest BCUT2D eigenvalue weighted by atomic mass is 10.0. The van der Waals surface area contributed by atoms with Crippen molar-refractivity contribution >= 4 is 36.3 Å². The van der Waals surface area contributed by atoms with E-state index in [1.807, 2.05) is 30.3 Å². The van der Waals surface area contributed by atoms with Gasteiger partial charge in [-0.05, 0) is 32.3 Å². The molecule has 0 saturated carbocycles. The van der Waals surface area contributed by atoms with Crippen LogP contribution in [0, 0.1) is 0 Å². The van der Waals surface area contributed by atoms with Gasteiger partial charge in [-0.15, -0.1) is 12.4 Å². The second-order valence-corrected chi connectivity index (χ2v) is 6.51. The fourth-order valence-electron chi connectivity index (χ4n) is 2.94. The van der Waals surface area contributed by atoms with Crippen LogP contribution in [0.4, 0.5) is 4.79 Å². The number of carbonyl (C=O) groups excluding carboxylic acids is 3. The highest BCUT2D eigenvalue weighted by molar-refractivity contribution is 6.01. The van der Waals surface area contributed by atoms with Crippen LogP contribution in [0.3, 0.4) is 0 Å². The second-order valence-electron chi connectivity index (χ2n) is 6.51. The predicted octanol–water partition coefficient (Wildman–Crippen LogP) is 0.956. The molecule has 1 heterocycles. The summed E-state index contributed by atoms with van der Waals surface area (Å²) in [6.07, 6.45) is 1.01. The molecule has 2 rings (SSSR count). The fourth-order valence-corrected chi connectivity index (χ4v) is 2.94. The first-order valence-corrected chi connectivity index (χ1v) is 9.14. The number of rotatable bonds is 9. The van der Waals surface area contributed by atoms with Gasteiger partial charge in [0, 0.05) is 0 Å². The summed E-state index contributed by atoms with van der Waals surface area (Å²) in [5.74, 6) is -2.29. The lowest BCUT2D eigenvalue weighted by molar-refractivity contribution is -0.146. The maximum Gasteiger partial charge on any atom is 0.328 e. The average molecular weight is 428 g/mol. The number of nitrogens with one attached hydrogen (secondary N) is 2. The number of benzene rings is 1. The highest BCUT2D eigenvalue weighted by Crippen LogP contribution is 2.10. The van der Waals surface area contributed by atoms with Crippen LogP contribution < -0.4 is 10.6 Å². The molecule has 3 N–H and O–H groups in total. The molecule has 3 amide bonds. The third-order valence-corrected chi connectivity index (χ3v) is 4.43. The molecule has 0 aliphatic carbocycles. The molecule has 1 aromatic rings. The third kappa shape index (κ3) is 6.72. The summed E-state index contributed by atoms with van der Waals surface area (Å²) >= 11 is 0. The van der Waals surface area contributed by atoms with Crippen LogP contribution in [0.15, 0.2) is 30.3 Å². The molecule has 160 valence electrons. The van der Waals surface area contributed by atoms with Crippen molar-refractivity contribution in [1.82, 2.24) is 15.5 Å². The first kappa shape index (κ1) is 24.4. The number of ether oxygens (including phenoxy) is 1. The van der Waals surface area contributed by atoms with Crippen LogP contribution in [-0.2, 0) is 25.5 Å². The second kappa shape index (κ2) is 11.4. The lowest BCUT2D eigenvalue weighted by Crippen LogP contribution is -2.52. The summed E-state index contributed by atoms with van der Waals surface area (Å²) in [5, 5.41) is 14.1. The Hall–Kier alpha value is -2.65. The van der Waals surface area contributed by atoms with Crippen molar-refractivity contribution in [2.45, 2.75) is 44.8 Å². The number of esters is 1. The molecular formula is C19H26ClN3O6. The first-order valence-electron chi connectivity index (χ1n) is 9.14. The van der Waals surface area contributed by atoms with Crippen molar-refractivity contribution in [2.75, 3.05) is 13.2 Å². The Kier molecular flexibility index (Phi) is 9.57. The van der Waals surface area contributed by atoms with Gasteiger partial charge in [-0.2, -0.15) is 0 Å². The van der Waals surface area contributed by atoms with Crippen molar-refractivity contribution < 1.29 is 29.0 Å². The Bertz CT molecular complexity index is 730. The number of aryl methyl sites for hydroxylation is 1. The minimum atomic E-state index is -1.21. The molecule has 1 unspecified atom stereocenters. The van der Waals surface area contributed by atoms with Crippen LogP contribution in [0.2, 0.25) is 0 Å². The number of hydrogen-bond acceptors (Lipinski definition) is 6. The van der Waals surface area contributed by atoms with Gasteiger partial charge >= 0.3 is 18.0 Å². The van der Waals surface area contributed by atoms with Gasteiger partial charge in [0.1, 0.15) is 12.1 Å². The molecule has 9 nitrogen and oxygen atoms in total. The molecule has 1 saturated heterocycles. The summed E-state index contributed by atoms with van der Waals surface area (Å²) in [5.41, 5.74) is 1.04. The maximum atomic E-state index is 12.6. The molecule has 0 radical (unpaired) electrons. The van der Waals surface area contributed by atoms with Gasteiger partial charge < -0.3 is 15.2 Å². The summed E-state index contributed by atoms with van der Waals surface area (Å²) in [7, 11) is 0. The zero-order valence-electron chi connectivity index (χ0n) is 16.3. The van der Waals surface area contributed by atoms with Crippen LogP contribution in [0.25, 0.3) is 0 Å². The third-order valence-electron chi connectivity index (χ3n) is 4.43. The molecule has 29 heavy (non-hydrogen) atoms. The van der Waals surface area contributed by atoms with Crippen molar-refractivity contribution in [2.24, 2.45) is 0 Å². The topological polar surface area (TPSA) is 125 Å². The molecule has 3 atom stereocenters. The number of aliphatic carboxylic acids is 1. The van der Waals surface area contributed by atoms with E-state index < -0.39 is 42.0 Å². The molecule has 1 aliphatic heterocycles. The Morgan fingerprint density at radius 1 is 1.31 bits per heavy atom. The van der Waals surface area contributed by atoms with Crippen molar-refractivity contribution in [1.29, 1.82) is 0 Å². The van der Waals surface area contributed by atoms with Crippen LogP contribution >= 0.6 is 12.4 Å². The Balaban J connectivity index is 0.00000420. The number of hydrogen-bond donors (Lipinski definition) is 3. The average Bonchev–Trinajstić information content (AvgIpc) is 3.07. The maximum absolute atomic E-state index is 12.6. The number of carboxylic acids is 1. The number of halogens is 1. The van der Waals surface area contributed by atoms with Crippen LogP contribution in [0.1, 0.15) is 25.8 Å². The Morgan fingerprint density at radius 2 is 1.97 bits per heavy atom. The molecule has 0 spiro atoms. The number of carboxylic acid groups (broad SMARTS) is 1. The summed E-state index contributed by atoms with van der Waals surface area (Å²) in [6.45, 7) is 3.17. The molecule has 0 aromatic heterocycles. The molecule has 10 heteroatoms. The van der Waals surface area contributed by atoms with E-state index in [-0.39, 0.29) is 25.6 Å². The largest absolute Gasteiger partial charge is 0.480 e. The van der Waals surface area contributed by atoms with E-state index >= 15 is 0 Å². The van der Waals surface area contributed by atoms with Crippen molar-refractivity contribution in [3.05, 3.63) is 35.9 Å². The summed E-state index contributed by atoms with van der Waals surface area (Å²) in [4.78, 5) is 48.6. The minimum absolute atomic E-state index is 0. The normalized spacial score (nSPS) is 17.7. The van der Waals surface area contributed by atoms with E-state index in [1.54, 1.807) is 6.92 Å². The highest BCUT2D eigenvalue weighted by atomic mass is 35.5. The van der Waals surface area contributed by atoms with E-state index in [0.29, 0.717) is 12.8 Å². The number of nitrogens with zero attached hydrogens (tertiary/aromatic N) is 1. The van der Waals surface area contributed by atoms with Gasteiger partial charge in [0.05, 0.1) is 19.2 Å². The smallest absolute Gasteiger partial charge is 0.328 e. The van der Waals surface area contributed by atoms with E-state index in [9.17, 15) is 19.2 Å². The van der Waals surface area contributed by atoms with Crippen LogP contribution in [-0.4, -0.2) is 65.2 Å². The Morgan fingerprint density at radius 3 is 2.52 bits per heavy atom. The van der Waals surface area contributed by atoms with Crippen LogP contribution in [0.5, 0.6) is 0 Å². The molecule has 1 aromatic carbocycles. The zero-order chi connectivity index (χ0) is 20.7. The van der Waals surface area contributed by atoms with Gasteiger partial charge in [-0.3, -0.25) is 19.8 Å². The monoisotopic (exact) mass is 427 g/mol. The number of carbonyl (C=O) groups is 4. The molecule has 1 aliphatic rings. The zero-order valence-corrected chi connectivity index (χ0v) is 17.1. The number of imide groups is 1. The van der Waals surface area contributed by atoms with E-state index in [0.717, 1.165) is 10.5 Å². The quantitative estimate of drug-likeness (QED) is 0.501. The fraction of sp³-hybridized carbons (Fsp3) is 0.474. The predicted molar refractivity (Wildman–Crippen MR) is 107 cm³/mol. The number of amides is 3. The molecule has 1 fully saturated rings. The van der Waals surface area contributed by atoms with Gasteiger partial charge in [-0.1, -0.05) is 30.3 Å². The summed E-state index contributed by atoms with van der Waals surface area (Å²) in [6, 6.07) is 6.08. The highest BCUT2D eigenvalue weighted by Gasteiger charge is 2.39. The van der Waals surface area contributed by atoms with Gasteiger partial charge in [0.25, 0.3) is 0 Å². The van der Waals surface area contributed by atoms with Crippen molar-refractivity contribution in [3.8, 4) is 0 Å². The molecule has 0 bridgehead atoms. The molecular weight excluding hydrogens is 402 g/mol. The lowest BCUT2D eigenvalue weighted by Gasteiger charge is -2.24. The summed E-state index contributed by atoms with van der Waals surface area (Å²) < 4.78 is 5.08. The van der Waals surface area contributed by atoms with E-state index in [1.165, 1.54) is 6.92 Å². The van der Waals surface area contributed by atoms with Crippen molar-refractivity contribution in [3.63, 3.8) is 0 Å². The van der Waals surface area contributed by atoms with Gasteiger partial charge in [0.15, 0.2) is 0 Å². The minimum Gasteiger partial charge on any atom is -0.480 e. The van der Waals surface area contributed by atoms with Gasteiger partial charge in [-0.25, -0.2) is 9.59 Å². The standard InChI is InChI=1S/C19H25N3O6.ClH/c1-3-28-18(26)14(10-9-13-7-5-4-6-8-13)20-12(2)16(23)22-11-15(17(24)25)21-19(22)27;/h4-8,12,14-15,20H,3,9-11H2,1-2H3,(H,21,27)(H,24,25);1H/t12-,14-,15?;/m0./s1. The van der Waals surface area contributed by atoms with E-state index in [4.69, 9.17) is 9.84 Å². The SMILES string of the molecule is CCOC(=O)[C@H](CCc1ccccc1)N[C@@H](C)C(=O)N1CC(C(=O)O)NC1=O.Cl. The first-order chi connectivity index (χ1) is 13.3. The number of urea groups is 1. The van der Waals surface area contributed by atoms with E-state index in [2.05, 4.69) is 10.6 Å².